The Balaban J connectivity index is 1.15. The lowest BCUT2D eigenvalue weighted by molar-refractivity contribution is -0.0571. The molecule has 5 rings (SSSR count). The first kappa shape index (κ1) is 26.4. The topological polar surface area (TPSA) is 265 Å². The Hall–Kier alpha value is -3.22. The molecular formula is C19H25N8O10P. The van der Waals surface area contributed by atoms with Crippen molar-refractivity contribution in [3.05, 3.63) is 39.4 Å². The molecule has 3 aromatic rings. The van der Waals surface area contributed by atoms with Crippen molar-refractivity contribution < 1.29 is 38.2 Å². The van der Waals surface area contributed by atoms with Crippen LogP contribution in [-0.2, 0) is 23.1 Å². The summed E-state index contributed by atoms with van der Waals surface area (Å²) in [6.07, 6.45) is -3.22. The summed E-state index contributed by atoms with van der Waals surface area (Å²) < 4.78 is 36.2. The van der Waals surface area contributed by atoms with E-state index in [9.17, 15) is 29.3 Å². The highest BCUT2D eigenvalue weighted by Gasteiger charge is 2.40. The van der Waals surface area contributed by atoms with E-state index >= 15 is 0 Å². The van der Waals surface area contributed by atoms with E-state index in [4.69, 9.17) is 30.0 Å². The van der Waals surface area contributed by atoms with Crippen LogP contribution in [0.2, 0.25) is 0 Å². The van der Waals surface area contributed by atoms with Crippen molar-refractivity contribution >= 4 is 30.8 Å². The van der Waals surface area contributed by atoms with Crippen LogP contribution in [0, 0.1) is 0 Å². The van der Waals surface area contributed by atoms with Gasteiger partial charge in [0.15, 0.2) is 11.2 Å². The number of imidazole rings is 1. The molecule has 18 nitrogen and oxygen atoms in total. The Morgan fingerprint density at radius 1 is 1.05 bits per heavy atom. The van der Waals surface area contributed by atoms with Crippen molar-refractivity contribution in [3.8, 4) is 0 Å². The summed E-state index contributed by atoms with van der Waals surface area (Å²) in [5.41, 5.74) is 10.0. The number of hydrogen-bond donors (Lipinski definition) is 6. The summed E-state index contributed by atoms with van der Waals surface area (Å²) >= 11 is 0. The molecule has 2 saturated heterocycles. The second kappa shape index (κ2) is 10.2. The molecular weight excluding hydrogens is 531 g/mol. The van der Waals surface area contributed by atoms with Crippen molar-refractivity contribution in [2.45, 2.75) is 49.7 Å². The molecule has 2 aliphatic heterocycles. The van der Waals surface area contributed by atoms with Crippen LogP contribution >= 0.6 is 7.82 Å². The zero-order valence-corrected chi connectivity index (χ0v) is 20.5. The van der Waals surface area contributed by atoms with Crippen LogP contribution in [0.1, 0.15) is 25.3 Å². The molecule has 0 spiro atoms. The van der Waals surface area contributed by atoms with E-state index in [0.717, 1.165) is 4.57 Å². The number of nitrogens with zero attached hydrogens (tertiary/aromatic N) is 5. The van der Waals surface area contributed by atoms with Crippen molar-refractivity contribution in [2.75, 3.05) is 24.7 Å². The van der Waals surface area contributed by atoms with Crippen LogP contribution in [0.15, 0.2) is 28.2 Å². The van der Waals surface area contributed by atoms with Gasteiger partial charge in [-0.25, -0.2) is 14.3 Å². The number of aromatic amines is 1. The van der Waals surface area contributed by atoms with Gasteiger partial charge in [-0.3, -0.25) is 28.0 Å². The number of fused-ring (bicyclic) bond motifs is 1. The van der Waals surface area contributed by atoms with Gasteiger partial charge in [0.1, 0.15) is 30.5 Å². The Labute approximate surface area is 212 Å². The average Bonchev–Trinajstić information content (AvgIpc) is 3.53. The fraction of sp³-hybridized carbons (Fsp3) is 0.526. The number of phosphoric acid groups is 1. The molecule has 206 valence electrons. The Bertz CT molecular complexity index is 1490. The highest BCUT2D eigenvalue weighted by atomic mass is 31.2. The van der Waals surface area contributed by atoms with E-state index in [-0.39, 0.29) is 35.8 Å². The van der Waals surface area contributed by atoms with E-state index in [1.54, 1.807) is 0 Å². The van der Waals surface area contributed by atoms with Gasteiger partial charge >= 0.3 is 13.5 Å². The number of anilines is 2. The largest absolute Gasteiger partial charge is 0.472 e. The summed E-state index contributed by atoms with van der Waals surface area (Å²) in [6.45, 7) is -1.04. The maximum absolute atomic E-state index is 12.4. The molecule has 0 saturated carbocycles. The van der Waals surface area contributed by atoms with Gasteiger partial charge in [0.05, 0.1) is 31.7 Å². The lowest BCUT2D eigenvalue weighted by Gasteiger charge is -2.20. The Morgan fingerprint density at radius 2 is 1.66 bits per heavy atom. The first-order valence-corrected chi connectivity index (χ1v) is 12.9. The van der Waals surface area contributed by atoms with Crippen LogP contribution in [0.25, 0.3) is 11.2 Å². The molecule has 19 heteroatoms. The number of aromatic nitrogens is 6. The van der Waals surface area contributed by atoms with E-state index < -0.39 is 69.2 Å². The van der Waals surface area contributed by atoms with E-state index in [1.165, 1.54) is 23.2 Å². The van der Waals surface area contributed by atoms with Crippen LogP contribution < -0.4 is 22.7 Å². The number of ether oxygens (including phenoxy) is 2. The maximum atomic E-state index is 12.4. The van der Waals surface area contributed by atoms with E-state index in [1.807, 2.05) is 0 Å². The average molecular weight is 556 g/mol. The molecule has 0 aromatic carbocycles. The molecule has 0 radical (unpaired) electrons. The van der Waals surface area contributed by atoms with Gasteiger partial charge < -0.3 is 36.0 Å². The monoisotopic (exact) mass is 556 g/mol. The minimum Gasteiger partial charge on any atom is -0.390 e. The highest BCUT2D eigenvalue weighted by molar-refractivity contribution is 7.47. The summed E-state index contributed by atoms with van der Waals surface area (Å²) in [5.74, 6) is -0.0957. The second-order valence-corrected chi connectivity index (χ2v) is 10.2. The standard InChI is InChI=1S/C19H25N8O10P/c20-12-1-2-26(19(31)23-12)13-3-8(28)10(36-13)5-34-38(32,33)35-6-11-9(29)4-14(37-11)27-7-22-15-16(27)24-18(21)25-17(15)30/h1-2,7-11,13-14,28-29H,3-6H2,(H,32,33)(H2,20,23,31)(H3,21,24,25,30)/t8-,9-,10+,11+,13+,14+/m0/s1. The van der Waals surface area contributed by atoms with Crippen LogP contribution in [0.4, 0.5) is 11.8 Å². The van der Waals surface area contributed by atoms with Crippen LogP contribution in [0.3, 0.4) is 0 Å². The van der Waals surface area contributed by atoms with Gasteiger partial charge in [0, 0.05) is 19.0 Å². The molecule has 2 fully saturated rings. The fourth-order valence-corrected chi connectivity index (χ4v) is 4.99. The van der Waals surface area contributed by atoms with Gasteiger partial charge in [0.2, 0.25) is 5.95 Å². The molecule has 3 aromatic heterocycles. The third-order valence-electron chi connectivity index (χ3n) is 6.13. The first-order chi connectivity index (χ1) is 18.0. The molecule has 38 heavy (non-hydrogen) atoms. The number of H-pyrrole nitrogens is 1. The number of aliphatic hydroxyl groups excluding tert-OH is 2. The summed E-state index contributed by atoms with van der Waals surface area (Å²) in [7, 11) is -4.66. The zero-order chi connectivity index (χ0) is 27.2. The molecule has 0 aliphatic carbocycles. The van der Waals surface area contributed by atoms with Crippen LogP contribution in [-0.4, -0.2) is 81.8 Å². The third-order valence-corrected chi connectivity index (χ3v) is 7.09. The summed E-state index contributed by atoms with van der Waals surface area (Å²) in [4.78, 5) is 48.0. The molecule has 5 heterocycles. The first-order valence-electron chi connectivity index (χ1n) is 11.4. The van der Waals surface area contributed by atoms with Gasteiger partial charge in [-0.1, -0.05) is 0 Å². The van der Waals surface area contributed by atoms with Crippen molar-refractivity contribution in [2.24, 2.45) is 0 Å². The van der Waals surface area contributed by atoms with E-state index in [0.29, 0.717) is 0 Å². The zero-order valence-electron chi connectivity index (χ0n) is 19.6. The number of nitrogens with two attached hydrogens (primary N) is 2. The summed E-state index contributed by atoms with van der Waals surface area (Å²) in [5, 5.41) is 20.6. The Kier molecular flexibility index (Phi) is 7.05. The van der Waals surface area contributed by atoms with Gasteiger partial charge in [-0.05, 0) is 6.07 Å². The number of hydrogen-bond acceptors (Lipinski definition) is 14. The minimum absolute atomic E-state index is 0.00885. The Morgan fingerprint density at radius 3 is 2.26 bits per heavy atom. The maximum Gasteiger partial charge on any atom is 0.472 e. The van der Waals surface area contributed by atoms with Gasteiger partial charge in [-0.2, -0.15) is 9.97 Å². The number of phosphoric ester groups is 1. The van der Waals surface area contributed by atoms with Crippen molar-refractivity contribution in [1.29, 1.82) is 0 Å². The fourth-order valence-electron chi connectivity index (χ4n) is 4.24. The minimum atomic E-state index is -4.66. The SMILES string of the molecule is Nc1ccn([C@H]2C[C@H](O)[C@@H](COP(=O)(O)OC[C@H]3O[C@@H](n4cnc5c(=O)[nH]c(N)nc54)C[C@@H]3O)O2)c(=O)n1. The van der Waals surface area contributed by atoms with Crippen LogP contribution in [0.5, 0.6) is 0 Å². The number of nitrogen functional groups attached to an aromatic ring is 2. The molecule has 1 unspecified atom stereocenters. The van der Waals surface area contributed by atoms with Gasteiger partial charge in [0.25, 0.3) is 5.56 Å². The normalized spacial score (nSPS) is 29.1. The highest BCUT2D eigenvalue weighted by Crippen LogP contribution is 2.45. The molecule has 0 amide bonds. The smallest absolute Gasteiger partial charge is 0.390 e. The van der Waals surface area contributed by atoms with Crippen molar-refractivity contribution in [1.82, 2.24) is 29.1 Å². The number of rotatable bonds is 8. The molecule has 2 aliphatic rings. The number of aliphatic hydroxyl groups is 2. The second-order valence-electron chi connectivity index (χ2n) is 8.74. The predicted octanol–water partition coefficient (Wildman–Crippen LogP) is -2.03. The molecule has 8 N–H and O–H groups in total. The molecule has 7 atom stereocenters. The molecule has 0 bridgehead atoms. The lowest BCUT2D eigenvalue weighted by atomic mass is 10.2. The van der Waals surface area contributed by atoms with Gasteiger partial charge in [-0.15, -0.1) is 0 Å². The lowest BCUT2D eigenvalue weighted by Crippen LogP contribution is -2.29. The van der Waals surface area contributed by atoms with E-state index in [2.05, 4.69) is 19.9 Å². The predicted molar refractivity (Wildman–Crippen MR) is 126 cm³/mol. The number of nitrogens with one attached hydrogen (secondary N) is 1. The third kappa shape index (κ3) is 5.33. The quantitative estimate of drug-likeness (QED) is 0.163. The van der Waals surface area contributed by atoms with Crippen molar-refractivity contribution in [3.63, 3.8) is 0 Å². The summed E-state index contributed by atoms with van der Waals surface area (Å²) in [6, 6.07) is 1.39.